The number of carbonyl (C=O) groups is 1. The number of hydrogen-bond acceptors (Lipinski definition) is 4. The van der Waals surface area contributed by atoms with E-state index in [0.29, 0.717) is 51.0 Å². The number of likely N-dealkylation sites (tertiary alicyclic amines) is 1. The van der Waals surface area contributed by atoms with E-state index in [-0.39, 0.29) is 11.7 Å². The van der Waals surface area contributed by atoms with Crippen molar-refractivity contribution in [3.8, 4) is 0 Å². The molecule has 6 heteroatoms. The Kier molecular flexibility index (Phi) is 5.68. The van der Waals surface area contributed by atoms with Gasteiger partial charge in [-0.3, -0.25) is 4.79 Å². The van der Waals surface area contributed by atoms with Crippen LogP contribution < -0.4 is 4.90 Å². The molecule has 2 aliphatic heterocycles. The zero-order valence-electron chi connectivity index (χ0n) is 14.2. The van der Waals surface area contributed by atoms with Gasteiger partial charge in [-0.1, -0.05) is 0 Å². The summed E-state index contributed by atoms with van der Waals surface area (Å²) in [6, 6.07) is 4.62. The van der Waals surface area contributed by atoms with Gasteiger partial charge in [-0.2, -0.15) is 0 Å². The highest BCUT2D eigenvalue weighted by Gasteiger charge is 2.27. The molecule has 2 heterocycles. The van der Waals surface area contributed by atoms with Gasteiger partial charge < -0.3 is 19.3 Å². The fourth-order valence-electron chi connectivity index (χ4n) is 3.32. The van der Waals surface area contributed by atoms with Crippen LogP contribution in [0.2, 0.25) is 0 Å². The summed E-state index contributed by atoms with van der Waals surface area (Å²) in [4.78, 5) is 16.6. The summed E-state index contributed by atoms with van der Waals surface area (Å²) in [6.45, 7) is 7.43. The van der Waals surface area contributed by atoms with Crippen molar-refractivity contribution in [3.05, 3.63) is 29.6 Å². The van der Waals surface area contributed by atoms with Crippen LogP contribution in [0.15, 0.2) is 18.2 Å². The van der Waals surface area contributed by atoms with Gasteiger partial charge in [-0.05, 0) is 31.5 Å². The lowest BCUT2D eigenvalue weighted by Crippen LogP contribution is -2.36. The number of ether oxygens (including phenoxy) is 2. The third kappa shape index (κ3) is 4.05. The highest BCUT2D eigenvalue weighted by molar-refractivity contribution is 5.95. The highest BCUT2D eigenvalue weighted by Crippen LogP contribution is 2.24. The van der Waals surface area contributed by atoms with Gasteiger partial charge in [0.25, 0.3) is 5.91 Å². The number of amides is 1. The van der Waals surface area contributed by atoms with Crippen molar-refractivity contribution >= 4 is 11.6 Å². The molecule has 132 valence electrons. The summed E-state index contributed by atoms with van der Waals surface area (Å²) in [5.74, 6) is -0.0865. The van der Waals surface area contributed by atoms with Crippen LogP contribution in [-0.2, 0) is 9.47 Å². The molecule has 0 N–H and O–H groups in total. The molecule has 3 rings (SSSR count). The summed E-state index contributed by atoms with van der Waals surface area (Å²) in [6.07, 6.45) is 0.942. The second-order valence-corrected chi connectivity index (χ2v) is 6.36. The second-order valence-electron chi connectivity index (χ2n) is 6.36. The number of hydrogen-bond donors (Lipinski definition) is 0. The van der Waals surface area contributed by atoms with E-state index in [1.807, 2.05) is 11.8 Å². The standard InChI is InChI=1S/C18H25FN2O3/c1-2-23-13-14-3-4-21(12-14)18(22)15-9-16(19)11-17(10-15)20-5-7-24-8-6-20/h9-11,14H,2-8,12-13H2,1H3. The fourth-order valence-corrected chi connectivity index (χ4v) is 3.32. The Morgan fingerprint density at radius 1 is 1.29 bits per heavy atom. The van der Waals surface area contributed by atoms with E-state index in [9.17, 15) is 9.18 Å². The third-order valence-electron chi connectivity index (χ3n) is 4.64. The minimum absolute atomic E-state index is 0.0944. The number of anilines is 1. The number of nitrogens with zero attached hydrogens (tertiary/aromatic N) is 2. The lowest BCUT2D eigenvalue weighted by atomic mass is 10.1. The molecule has 2 fully saturated rings. The normalized spacial score (nSPS) is 21.3. The van der Waals surface area contributed by atoms with Crippen LogP contribution in [0.5, 0.6) is 0 Å². The summed E-state index contributed by atoms with van der Waals surface area (Å²) in [5.41, 5.74) is 1.18. The molecule has 0 radical (unpaired) electrons. The van der Waals surface area contributed by atoms with Crippen molar-refractivity contribution < 1.29 is 18.7 Å². The van der Waals surface area contributed by atoms with E-state index in [2.05, 4.69) is 4.90 Å². The zero-order valence-corrected chi connectivity index (χ0v) is 14.2. The average molecular weight is 336 g/mol. The highest BCUT2D eigenvalue weighted by atomic mass is 19.1. The van der Waals surface area contributed by atoms with Crippen molar-refractivity contribution in [2.45, 2.75) is 13.3 Å². The predicted molar refractivity (Wildman–Crippen MR) is 89.9 cm³/mol. The Labute approximate surface area is 142 Å². The van der Waals surface area contributed by atoms with E-state index in [0.717, 1.165) is 25.2 Å². The molecular formula is C18H25FN2O3. The topological polar surface area (TPSA) is 42.0 Å². The molecule has 2 aliphatic rings. The van der Waals surface area contributed by atoms with Gasteiger partial charge in [-0.15, -0.1) is 0 Å². The molecule has 24 heavy (non-hydrogen) atoms. The minimum atomic E-state index is -0.368. The van der Waals surface area contributed by atoms with Crippen molar-refractivity contribution in [2.75, 3.05) is 57.5 Å². The van der Waals surface area contributed by atoms with Gasteiger partial charge in [0.2, 0.25) is 0 Å². The van der Waals surface area contributed by atoms with E-state index in [4.69, 9.17) is 9.47 Å². The SMILES string of the molecule is CCOCC1CCN(C(=O)c2cc(F)cc(N3CCOCC3)c2)C1. The Hall–Kier alpha value is -1.66. The first-order valence-electron chi connectivity index (χ1n) is 8.67. The molecular weight excluding hydrogens is 311 g/mol. The smallest absolute Gasteiger partial charge is 0.254 e. The predicted octanol–water partition coefficient (Wildman–Crippen LogP) is 2.16. The molecule has 0 spiro atoms. The summed E-state index contributed by atoms with van der Waals surface area (Å²) >= 11 is 0. The van der Waals surface area contributed by atoms with Crippen molar-refractivity contribution in [1.82, 2.24) is 4.90 Å². The molecule has 1 atom stereocenters. The Morgan fingerprint density at radius 2 is 2.08 bits per heavy atom. The van der Waals surface area contributed by atoms with Crippen LogP contribution in [0.3, 0.4) is 0 Å². The lowest BCUT2D eigenvalue weighted by molar-refractivity contribution is 0.0762. The van der Waals surface area contributed by atoms with Crippen LogP contribution in [0.4, 0.5) is 10.1 Å². The van der Waals surface area contributed by atoms with Gasteiger partial charge in [0.15, 0.2) is 0 Å². The Morgan fingerprint density at radius 3 is 2.83 bits per heavy atom. The first kappa shape index (κ1) is 17.2. The van der Waals surface area contributed by atoms with Gasteiger partial charge in [0.05, 0.1) is 19.8 Å². The zero-order chi connectivity index (χ0) is 16.9. The Balaban J connectivity index is 1.69. The Bertz CT molecular complexity index is 575. The van der Waals surface area contributed by atoms with Crippen molar-refractivity contribution in [1.29, 1.82) is 0 Å². The molecule has 0 bridgehead atoms. The first-order chi connectivity index (χ1) is 11.7. The van der Waals surface area contributed by atoms with Crippen LogP contribution in [-0.4, -0.2) is 63.4 Å². The van der Waals surface area contributed by atoms with Gasteiger partial charge in [-0.25, -0.2) is 4.39 Å². The molecule has 0 aliphatic carbocycles. The van der Waals surface area contributed by atoms with Gasteiger partial charge in [0, 0.05) is 50.0 Å². The minimum Gasteiger partial charge on any atom is -0.381 e. The quantitative estimate of drug-likeness (QED) is 0.826. The molecule has 2 saturated heterocycles. The van der Waals surface area contributed by atoms with E-state index in [1.54, 1.807) is 6.07 Å². The van der Waals surface area contributed by atoms with Crippen molar-refractivity contribution in [2.24, 2.45) is 5.92 Å². The number of carbonyl (C=O) groups excluding carboxylic acids is 1. The van der Waals surface area contributed by atoms with Crippen LogP contribution in [0, 0.1) is 11.7 Å². The monoisotopic (exact) mass is 336 g/mol. The third-order valence-corrected chi connectivity index (χ3v) is 4.64. The van der Waals surface area contributed by atoms with Crippen LogP contribution >= 0.6 is 0 Å². The summed E-state index contributed by atoms with van der Waals surface area (Å²) in [5, 5.41) is 0. The molecule has 0 saturated carbocycles. The molecule has 0 aromatic heterocycles. The molecule has 1 aromatic rings. The van der Waals surface area contributed by atoms with Crippen molar-refractivity contribution in [3.63, 3.8) is 0 Å². The number of halogens is 1. The molecule has 1 unspecified atom stereocenters. The number of morpholine rings is 1. The van der Waals surface area contributed by atoms with E-state index >= 15 is 0 Å². The number of benzene rings is 1. The summed E-state index contributed by atoms with van der Waals surface area (Å²) in [7, 11) is 0. The van der Waals surface area contributed by atoms with Crippen LogP contribution in [0.25, 0.3) is 0 Å². The maximum atomic E-state index is 14.0. The van der Waals surface area contributed by atoms with E-state index in [1.165, 1.54) is 12.1 Å². The van der Waals surface area contributed by atoms with Crippen LogP contribution in [0.1, 0.15) is 23.7 Å². The fraction of sp³-hybridized carbons (Fsp3) is 0.611. The lowest BCUT2D eigenvalue weighted by Gasteiger charge is -2.29. The first-order valence-corrected chi connectivity index (χ1v) is 8.67. The van der Waals surface area contributed by atoms with Gasteiger partial charge >= 0.3 is 0 Å². The van der Waals surface area contributed by atoms with Gasteiger partial charge in [0.1, 0.15) is 5.82 Å². The maximum absolute atomic E-state index is 14.0. The molecule has 1 amide bonds. The molecule has 1 aromatic carbocycles. The van der Waals surface area contributed by atoms with E-state index < -0.39 is 0 Å². The number of rotatable bonds is 5. The molecule has 5 nitrogen and oxygen atoms in total. The average Bonchev–Trinajstić information content (AvgIpc) is 3.08. The second kappa shape index (κ2) is 7.94. The largest absolute Gasteiger partial charge is 0.381 e. The maximum Gasteiger partial charge on any atom is 0.254 e. The summed E-state index contributed by atoms with van der Waals surface area (Å²) < 4.78 is 24.8.